The number of nitrogens with one attached hydrogen (secondary N) is 1. The SMILES string of the molecule is COc1ccc(C(CNC(=O)COc2cc(Cl)ccc2Cl)N(C)C)cc1. The third-order valence-corrected chi connectivity index (χ3v) is 4.42. The van der Waals surface area contributed by atoms with E-state index >= 15 is 0 Å². The van der Waals surface area contributed by atoms with E-state index in [0.717, 1.165) is 11.3 Å². The Hall–Kier alpha value is -1.95. The fourth-order valence-corrected chi connectivity index (χ4v) is 2.75. The summed E-state index contributed by atoms with van der Waals surface area (Å²) in [7, 11) is 5.55. The third kappa shape index (κ3) is 5.80. The lowest BCUT2D eigenvalue weighted by molar-refractivity contribution is -0.123. The molecular formula is C19H22Cl2N2O3. The van der Waals surface area contributed by atoms with Crippen LogP contribution in [0.4, 0.5) is 0 Å². The van der Waals surface area contributed by atoms with E-state index in [-0.39, 0.29) is 18.6 Å². The van der Waals surface area contributed by atoms with E-state index in [1.165, 1.54) is 0 Å². The third-order valence-electron chi connectivity index (χ3n) is 3.87. The molecule has 0 fully saturated rings. The summed E-state index contributed by atoms with van der Waals surface area (Å²) >= 11 is 11.9. The van der Waals surface area contributed by atoms with Crippen molar-refractivity contribution in [2.45, 2.75) is 6.04 Å². The summed E-state index contributed by atoms with van der Waals surface area (Å²) in [6.45, 7) is 0.313. The van der Waals surface area contributed by atoms with Crippen molar-refractivity contribution in [1.29, 1.82) is 0 Å². The van der Waals surface area contributed by atoms with E-state index in [9.17, 15) is 4.79 Å². The molecule has 0 aliphatic rings. The van der Waals surface area contributed by atoms with Crippen LogP contribution in [0.15, 0.2) is 42.5 Å². The van der Waals surface area contributed by atoms with Crippen molar-refractivity contribution in [1.82, 2.24) is 10.2 Å². The largest absolute Gasteiger partial charge is 0.497 e. The fraction of sp³-hybridized carbons (Fsp3) is 0.316. The molecule has 0 saturated heterocycles. The van der Waals surface area contributed by atoms with Crippen molar-refractivity contribution >= 4 is 29.1 Å². The molecule has 26 heavy (non-hydrogen) atoms. The Morgan fingerprint density at radius 1 is 1.15 bits per heavy atom. The number of halogens is 2. The van der Waals surface area contributed by atoms with Gasteiger partial charge in [-0.1, -0.05) is 35.3 Å². The lowest BCUT2D eigenvalue weighted by atomic mass is 10.1. The Balaban J connectivity index is 1.91. The second-order valence-corrected chi connectivity index (χ2v) is 6.76. The van der Waals surface area contributed by atoms with Crippen molar-refractivity contribution in [3.8, 4) is 11.5 Å². The summed E-state index contributed by atoms with van der Waals surface area (Å²) < 4.78 is 10.6. The van der Waals surface area contributed by atoms with Crippen LogP contribution in [-0.4, -0.2) is 45.2 Å². The maximum Gasteiger partial charge on any atom is 0.258 e. The van der Waals surface area contributed by atoms with Crippen LogP contribution in [0.1, 0.15) is 11.6 Å². The molecular weight excluding hydrogens is 375 g/mol. The van der Waals surface area contributed by atoms with Gasteiger partial charge >= 0.3 is 0 Å². The number of amides is 1. The Labute approximate surface area is 163 Å². The van der Waals surface area contributed by atoms with Crippen LogP contribution in [0.5, 0.6) is 11.5 Å². The topological polar surface area (TPSA) is 50.8 Å². The number of carbonyl (C=O) groups excluding carboxylic acids is 1. The summed E-state index contributed by atoms with van der Waals surface area (Å²) in [5, 5.41) is 3.79. The Morgan fingerprint density at radius 3 is 2.46 bits per heavy atom. The standard InChI is InChI=1S/C19H22Cl2N2O3/c1-23(2)17(13-4-7-15(25-3)8-5-13)11-22-19(24)12-26-18-10-14(20)6-9-16(18)21/h4-10,17H,11-12H2,1-3H3,(H,22,24). The first-order valence-corrected chi connectivity index (χ1v) is 8.81. The molecule has 1 atom stereocenters. The predicted octanol–water partition coefficient (Wildman–Crippen LogP) is 3.80. The maximum atomic E-state index is 12.1. The molecule has 0 bridgehead atoms. The lowest BCUT2D eigenvalue weighted by Crippen LogP contribution is -2.36. The Kier molecular flexibility index (Phi) is 7.57. The van der Waals surface area contributed by atoms with Gasteiger partial charge < -0.3 is 19.7 Å². The average Bonchev–Trinajstić information content (AvgIpc) is 2.63. The second-order valence-electron chi connectivity index (χ2n) is 5.92. The Morgan fingerprint density at radius 2 is 1.85 bits per heavy atom. The molecule has 0 aliphatic carbocycles. The molecule has 0 aromatic heterocycles. The fourth-order valence-electron chi connectivity index (χ4n) is 2.42. The molecule has 2 aromatic carbocycles. The van der Waals surface area contributed by atoms with Crippen LogP contribution < -0.4 is 14.8 Å². The molecule has 0 saturated carbocycles. The predicted molar refractivity (Wildman–Crippen MR) is 104 cm³/mol. The van der Waals surface area contributed by atoms with Crippen molar-refractivity contribution < 1.29 is 14.3 Å². The molecule has 140 valence electrons. The van der Waals surface area contributed by atoms with Gasteiger partial charge in [-0.15, -0.1) is 0 Å². The number of hydrogen-bond donors (Lipinski definition) is 1. The summed E-state index contributed by atoms with van der Waals surface area (Å²) in [4.78, 5) is 14.2. The van der Waals surface area contributed by atoms with Crippen LogP contribution in [0.2, 0.25) is 10.0 Å². The van der Waals surface area contributed by atoms with Gasteiger partial charge in [0.15, 0.2) is 6.61 Å². The molecule has 7 heteroatoms. The van der Waals surface area contributed by atoms with Gasteiger partial charge in [0.05, 0.1) is 18.2 Å². The number of benzene rings is 2. The van der Waals surface area contributed by atoms with Gasteiger partial charge in [-0.05, 0) is 43.9 Å². The monoisotopic (exact) mass is 396 g/mol. The van der Waals surface area contributed by atoms with E-state index in [1.54, 1.807) is 25.3 Å². The molecule has 5 nitrogen and oxygen atoms in total. The molecule has 2 aromatic rings. The molecule has 0 spiro atoms. The number of methoxy groups -OCH3 is 1. The molecule has 1 amide bonds. The lowest BCUT2D eigenvalue weighted by Gasteiger charge is -2.25. The van der Waals surface area contributed by atoms with Crippen LogP contribution >= 0.6 is 23.2 Å². The smallest absolute Gasteiger partial charge is 0.258 e. The van der Waals surface area contributed by atoms with Crippen LogP contribution in [0, 0.1) is 0 Å². The van der Waals surface area contributed by atoms with Crippen LogP contribution in [-0.2, 0) is 4.79 Å². The van der Waals surface area contributed by atoms with Gasteiger partial charge in [-0.2, -0.15) is 0 Å². The number of nitrogens with zero attached hydrogens (tertiary/aromatic N) is 1. The number of rotatable bonds is 8. The van der Waals surface area contributed by atoms with Crippen molar-refractivity contribution in [3.63, 3.8) is 0 Å². The summed E-state index contributed by atoms with van der Waals surface area (Å²) in [5.74, 6) is 0.942. The van der Waals surface area contributed by atoms with E-state index in [1.807, 2.05) is 43.3 Å². The highest BCUT2D eigenvalue weighted by Gasteiger charge is 2.16. The van der Waals surface area contributed by atoms with Crippen molar-refractivity contribution in [2.75, 3.05) is 34.4 Å². The first kappa shape index (κ1) is 20.4. The maximum absolute atomic E-state index is 12.1. The minimum Gasteiger partial charge on any atom is -0.497 e. The number of ether oxygens (including phenoxy) is 2. The van der Waals surface area contributed by atoms with Gasteiger partial charge in [-0.25, -0.2) is 0 Å². The Bertz CT molecular complexity index is 736. The normalized spacial score (nSPS) is 11.9. The van der Waals surface area contributed by atoms with Gasteiger partial charge in [0.2, 0.25) is 0 Å². The quantitative estimate of drug-likeness (QED) is 0.736. The van der Waals surface area contributed by atoms with E-state index in [4.69, 9.17) is 32.7 Å². The van der Waals surface area contributed by atoms with Crippen LogP contribution in [0.25, 0.3) is 0 Å². The average molecular weight is 397 g/mol. The second kappa shape index (κ2) is 9.67. The minimum atomic E-state index is -0.235. The van der Waals surface area contributed by atoms with E-state index in [0.29, 0.717) is 22.3 Å². The summed E-state index contributed by atoms with van der Waals surface area (Å²) in [6, 6.07) is 12.7. The van der Waals surface area contributed by atoms with E-state index in [2.05, 4.69) is 5.32 Å². The minimum absolute atomic E-state index is 0.0274. The zero-order chi connectivity index (χ0) is 19.1. The molecule has 0 aliphatic heterocycles. The van der Waals surface area contributed by atoms with Gasteiger partial charge in [0.25, 0.3) is 5.91 Å². The van der Waals surface area contributed by atoms with Crippen LogP contribution in [0.3, 0.4) is 0 Å². The highest BCUT2D eigenvalue weighted by molar-refractivity contribution is 6.34. The molecule has 2 rings (SSSR count). The summed E-state index contributed by atoms with van der Waals surface area (Å²) in [5.41, 5.74) is 1.08. The number of hydrogen-bond acceptors (Lipinski definition) is 4. The first-order chi connectivity index (χ1) is 12.4. The van der Waals surface area contributed by atoms with Crippen molar-refractivity contribution in [2.24, 2.45) is 0 Å². The highest BCUT2D eigenvalue weighted by atomic mass is 35.5. The molecule has 0 radical (unpaired) electrons. The number of carbonyl (C=O) groups is 1. The zero-order valence-corrected chi connectivity index (χ0v) is 16.5. The van der Waals surface area contributed by atoms with Gasteiger partial charge in [0, 0.05) is 17.6 Å². The van der Waals surface area contributed by atoms with Gasteiger partial charge in [-0.3, -0.25) is 4.79 Å². The first-order valence-electron chi connectivity index (χ1n) is 8.05. The molecule has 1 unspecified atom stereocenters. The zero-order valence-electron chi connectivity index (χ0n) is 15.0. The van der Waals surface area contributed by atoms with Gasteiger partial charge in [0.1, 0.15) is 11.5 Å². The summed E-state index contributed by atoms with van der Waals surface area (Å²) in [6.07, 6.45) is 0. The molecule has 1 N–H and O–H groups in total. The molecule has 0 heterocycles. The number of likely N-dealkylation sites (N-methyl/N-ethyl adjacent to an activating group) is 1. The highest BCUT2D eigenvalue weighted by Crippen LogP contribution is 2.27. The van der Waals surface area contributed by atoms with Crippen molar-refractivity contribution in [3.05, 3.63) is 58.1 Å². The van der Waals surface area contributed by atoms with E-state index < -0.39 is 0 Å².